The topological polar surface area (TPSA) is 84.7 Å². The molecule has 2 N–H and O–H groups in total. The van der Waals surface area contributed by atoms with Gasteiger partial charge in [-0.25, -0.2) is 4.79 Å². The van der Waals surface area contributed by atoms with Crippen LogP contribution in [0.15, 0.2) is 9.59 Å². The van der Waals surface area contributed by atoms with Gasteiger partial charge in [-0.05, 0) is 27.2 Å². The number of hydrogen-bond donors (Lipinski definition) is 2. The van der Waals surface area contributed by atoms with E-state index in [9.17, 15) is 9.59 Å². The molecule has 110 valence electrons. The molecule has 20 heavy (non-hydrogen) atoms. The molecule has 0 saturated carbocycles. The van der Waals surface area contributed by atoms with Crippen LogP contribution in [0.5, 0.6) is 0 Å². The van der Waals surface area contributed by atoms with Crippen molar-refractivity contribution in [1.82, 2.24) is 19.1 Å². The Hall–Kier alpha value is -2.05. The lowest BCUT2D eigenvalue weighted by Gasteiger charge is -2.12. The van der Waals surface area contributed by atoms with E-state index in [4.69, 9.17) is 0 Å². The van der Waals surface area contributed by atoms with Crippen molar-refractivity contribution in [3.63, 3.8) is 0 Å². The first-order chi connectivity index (χ1) is 9.54. The number of aromatic amines is 1. The molecule has 0 aliphatic rings. The number of hydrogen-bond acceptors (Lipinski definition) is 4. The van der Waals surface area contributed by atoms with Crippen molar-refractivity contribution in [2.45, 2.75) is 46.7 Å². The minimum Gasteiger partial charge on any atom is -0.356 e. The summed E-state index contributed by atoms with van der Waals surface area (Å²) in [6.07, 6.45) is 0.788. The first-order valence-electron chi connectivity index (χ1n) is 7.03. The van der Waals surface area contributed by atoms with Gasteiger partial charge in [-0.2, -0.15) is 4.98 Å². The van der Waals surface area contributed by atoms with Gasteiger partial charge in [0.15, 0.2) is 11.2 Å². The second-order valence-electron chi connectivity index (χ2n) is 4.77. The molecule has 1 unspecified atom stereocenters. The number of anilines is 1. The molecular formula is C13H21N5O2. The van der Waals surface area contributed by atoms with Gasteiger partial charge in [0.05, 0.1) is 0 Å². The fourth-order valence-electron chi connectivity index (χ4n) is 2.34. The summed E-state index contributed by atoms with van der Waals surface area (Å²) < 4.78 is 3.36. The van der Waals surface area contributed by atoms with E-state index >= 15 is 0 Å². The van der Waals surface area contributed by atoms with Gasteiger partial charge in [0.2, 0.25) is 5.95 Å². The molecule has 2 rings (SSSR count). The molecule has 0 saturated heterocycles. The second kappa shape index (κ2) is 5.52. The van der Waals surface area contributed by atoms with Crippen LogP contribution in [0.1, 0.15) is 40.2 Å². The molecule has 0 aliphatic heterocycles. The predicted octanol–water partition coefficient (Wildman–Crippen LogP) is 1.31. The summed E-state index contributed by atoms with van der Waals surface area (Å²) in [5.74, 6) is 0.623. The van der Waals surface area contributed by atoms with Crippen molar-refractivity contribution in [1.29, 1.82) is 0 Å². The Kier molecular flexibility index (Phi) is 3.96. The highest BCUT2D eigenvalue weighted by molar-refractivity contribution is 5.74. The smallest absolute Gasteiger partial charge is 0.330 e. The maximum absolute atomic E-state index is 12.1. The number of aromatic nitrogens is 4. The number of aryl methyl sites for hydroxylation is 1. The van der Waals surface area contributed by atoms with Crippen LogP contribution in [-0.4, -0.2) is 25.6 Å². The van der Waals surface area contributed by atoms with E-state index < -0.39 is 5.69 Å². The van der Waals surface area contributed by atoms with Crippen LogP contribution in [0.2, 0.25) is 0 Å². The predicted molar refractivity (Wildman–Crippen MR) is 79.5 cm³/mol. The van der Waals surface area contributed by atoms with Crippen LogP contribution in [0.3, 0.4) is 0 Å². The Morgan fingerprint density at radius 1 is 1.30 bits per heavy atom. The molecule has 0 bridgehead atoms. The first-order valence-corrected chi connectivity index (χ1v) is 7.03. The minimum absolute atomic E-state index is 0.0171. The summed E-state index contributed by atoms with van der Waals surface area (Å²) in [5, 5.41) is 3.13. The lowest BCUT2D eigenvalue weighted by molar-refractivity contribution is 0.517. The van der Waals surface area contributed by atoms with E-state index in [1.54, 1.807) is 9.13 Å². The van der Waals surface area contributed by atoms with E-state index in [2.05, 4.69) is 15.3 Å². The molecule has 7 nitrogen and oxygen atoms in total. The highest BCUT2D eigenvalue weighted by atomic mass is 16.2. The average Bonchev–Trinajstić information content (AvgIpc) is 2.77. The van der Waals surface area contributed by atoms with Crippen LogP contribution in [0.25, 0.3) is 11.2 Å². The number of fused-ring (bicyclic) bond motifs is 1. The Labute approximate surface area is 116 Å². The van der Waals surface area contributed by atoms with Crippen molar-refractivity contribution >= 4 is 17.1 Å². The normalized spacial score (nSPS) is 12.8. The number of nitrogens with one attached hydrogen (secondary N) is 2. The molecule has 0 amide bonds. The van der Waals surface area contributed by atoms with E-state index in [0.29, 0.717) is 30.2 Å². The Morgan fingerprint density at radius 3 is 2.55 bits per heavy atom. The molecule has 0 aliphatic carbocycles. The largest absolute Gasteiger partial charge is 0.356 e. The third kappa shape index (κ3) is 2.13. The molecule has 0 radical (unpaired) electrons. The zero-order valence-electron chi connectivity index (χ0n) is 12.4. The van der Waals surface area contributed by atoms with Crippen molar-refractivity contribution < 1.29 is 0 Å². The van der Waals surface area contributed by atoms with Crippen LogP contribution >= 0.6 is 0 Å². The van der Waals surface area contributed by atoms with E-state index in [0.717, 1.165) is 6.42 Å². The van der Waals surface area contributed by atoms with Gasteiger partial charge in [-0.15, -0.1) is 0 Å². The summed E-state index contributed by atoms with van der Waals surface area (Å²) in [6, 6.07) is -0.0171. The maximum Gasteiger partial charge on any atom is 0.330 e. The molecule has 1 atom stereocenters. The summed E-state index contributed by atoms with van der Waals surface area (Å²) in [7, 11) is 0. The Morgan fingerprint density at radius 2 is 2.00 bits per heavy atom. The highest BCUT2D eigenvalue weighted by Crippen LogP contribution is 2.18. The Balaban J connectivity index is 2.89. The van der Waals surface area contributed by atoms with Crippen LogP contribution in [0, 0.1) is 0 Å². The summed E-state index contributed by atoms with van der Waals surface area (Å²) in [4.78, 5) is 31.0. The van der Waals surface area contributed by atoms with E-state index in [1.165, 1.54) is 0 Å². The standard InChI is InChI=1S/C13H21N5O2/c1-5-8(4)18-10-9(11(19)16-13(18)20)17(7-3)12(15-10)14-6-2/h8H,5-7H2,1-4H3,(H,14,15)(H,16,19,20). The first kappa shape index (κ1) is 14.4. The van der Waals surface area contributed by atoms with E-state index in [1.807, 2.05) is 27.7 Å². The zero-order chi connectivity index (χ0) is 14.9. The summed E-state index contributed by atoms with van der Waals surface area (Å²) >= 11 is 0. The molecular weight excluding hydrogens is 258 g/mol. The maximum atomic E-state index is 12.1. The number of rotatable bonds is 5. The fraction of sp³-hybridized carbons (Fsp3) is 0.615. The third-order valence-corrected chi connectivity index (χ3v) is 3.51. The molecule has 2 aromatic rings. The van der Waals surface area contributed by atoms with Crippen molar-refractivity contribution in [2.24, 2.45) is 0 Å². The van der Waals surface area contributed by atoms with Crippen LogP contribution < -0.4 is 16.6 Å². The number of nitrogens with zero attached hydrogens (tertiary/aromatic N) is 3. The van der Waals surface area contributed by atoms with Crippen molar-refractivity contribution in [2.75, 3.05) is 11.9 Å². The average molecular weight is 279 g/mol. The molecule has 0 aromatic carbocycles. The van der Waals surface area contributed by atoms with Gasteiger partial charge in [-0.1, -0.05) is 6.92 Å². The monoisotopic (exact) mass is 279 g/mol. The van der Waals surface area contributed by atoms with Crippen molar-refractivity contribution in [3.8, 4) is 0 Å². The third-order valence-electron chi connectivity index (χ3n) is 3.51. The fourth-order valence-corrected chi connectivity index (χ4v) is 2.34. The van der Waals surface area contributed by atoms with Gasteiger partial charge in [0.25, 0.3) is 5.56 Å². The Bertz CT molecular complexity index is 725. The SMILES string of the molecule is CCNc1nc2c(c(=O)[nH]c(=O)n2C(C)CC)n1CC. The molecule has 0 fully saturated rings. The van der Waals surface area contributed by atoms with Crippen LogP contribution in [-0.2, 0) is 6.54 Å². The van der Waals surface area contributed by atoms with Gasteiger partial charge >= 0.3 is 5.69 Å². The molecule has 2 heterocycles. The highest BCUT2D eigenvalue weighted by Gasteiger charge is 2.19. The second-order valence-corrected chi connectivity index (χ2v) is 4.77. The quantitative estimate of drug-likeness (QED) is 0.864. The summed E-state index contributed by atoms with van der Waals surface area (Å²) in [5.41, 5.74) is 0.109. The minimum atomic E-state index is -0.402. The van der Waals surface area contributed by atoms with Gasteiger partial charge in [0.1, 0.15) is 0 Å². The number of imidazole rings is 1. The van der Waals surface area contributed by atoms with Gasteiger partial charge in [-0.3, -0.25) is 14.3 Å². The van der Waals surface area contributed by atoms with Crippen LogP contribution in [0.4, 0.5) is 5.95 Å². The van der Waals surface area contributed by atoms with E-state index in [-0.39, 0.29) is 11.6 Å². The zero-order valence-corrected chi connectivity index (χ0v) is 12.4. The molecule has 2 aromatic heterocycles. The molecule has 7 heteroatoms. The summed E-state index contributed by atoms with van der Waals surface area (Å²) in [6.45, 7) is 9.16. The van der Waals surface area contributed by atoms with Gasteiger partial charge in [0, 0.05) is 19.1 Å². The molecule has 0 spiro atoms. The lowest BCUT2D eigenvalue weighted by atomic mass is 10.2. The number of H-pyrrole nitrogens is 1. The lowest BCUT2D eigenvalue weighted by Crippen LogP contribution is -2.32. The van der Waals surface area contributed by atoms with Gasteiger partial charge < -0.3 is 9.88 Å². The van der Waals surface area contributed by atoms with Crippen molar-refractivity contribution in [3.05, 3.63) is 20.8 Å².